The average Bonchev–Trinajstić information content (AvgIpc) is 2.56. The number of ether oxygens (including phenoxy) is 2. The van der Waals surface area contributed by atoms with Crippen molar-refractivity contribution in [2.75, 3.05) is 0 Å². The van der Waals surface area contributed by atoms with E-state index in [9.17, 15) is 4.79 Å². The van der Waals surface area contributed by atoms with Crippen molar-refractivity contribution in [1.82, 2.24) is 5.43 Å². The maximum atomic E-state index is 12.0. The van der Waals surface area contributed by atoms with Crippen molar-refractivity contribution < 1.29 is 14.3 Å². The van der Waals surface area contributed by atoms with E-state index in [-0.39, 0.29) is 12.0 Å². The second-order valence-electron chi connectivity index (χ2n) is 5.51. The fourth-order valence-corrected chi connectivity index (χ4v) is 1.96. The number of hydrogen-bond acceptors (Lipinski definition) is 4. The third-order valence-corrected chi connectivity index (χ3v) is 3.09. The van der Waals surface area contributed by atoms with Gasteiger partial charge in [-0.1, -0.05) is 30.3 Å². The van der Waals surface area contributed by atoms with E-state index in [1.807, 2.05) is 56.3 Å². The van der Waals surface area contributed by atoms with Crippen molar-refractivity contribution in [1.29, 1.82) is 0 Å². The second kappa shape index (κ2) is 8.72. The van der Waals surface area contributed by atoms with Gasteiger partial charge in [0.05, 0.1) is 12.3 Å². The minimum absolute atomic E-state index is 0.0634. The summed E-state index contributed by atoms with van der Waals surface area (Å²) in [5.74, 6) is 1.04. The molecule has 0 radical (unpaired) electrons. The summed E-state index contributed by atoms with van der Waals surface area (Å²) in [7, 11) is 0. The first-order chi connectivity index (χ1) is 11.6. The summed E-state index contributed by atoms with van der Waals surface area (Å²) >= 11 is 0. The Bertz CT molecular complexity index is 684. The first kappa shape index (κ1) is 17.5. The zero-order valence-corrected chi connectivity index (χ0v) is 14.1. The molecule has 5 heteroatoms. The number of carbonyl (C=O) groups is 1. The number of para-hydroxylation sites is 2. The predicted octanol–water partition coefficient (Wildman–Crippen LogP) is 3.39. The van der Waals surface area contributed by atoms with Crippen LogP contribution in [0.3, 0.4) is 0 Å². The summed E-state index contributed by atoms with van der Waals surface area (Å²) in [6.07, 6.45) is 0.977. The van der Waals surface area contributed by atoms with E-state index in [4.69, 9.17) is 9.47 Å². The largest absolute Gasteiger partial charge is 0.490 e. The van der Waals surface area contributed by atoms with E-state index in [0.29, 0.717) is 5.75 Å². The van der Waals surface area contributed by atoms with Crippen molar-refractivity contribution in [2.24, 2.45) is 5.10 Å². The molecule has 0 aliphatic carbocycles. The lowest BCUT2D eigenvalue weighted by Gasteiger charge is -2.13. The van der Waals surface area contributed by atoms with Crippen LogP contribution >= 0.6 is 0 Å². The zero-order valence-electron chi connectivity index (χ0n) is 14.1. The molecule has 1 amide bonds. The van der Waals surface area contributed by atoms with Crippen LogP contribution in [0.15, 0.2) is 59.7 Å². The fourth-order valence-electron chi connectivity index (χ4n) is 1.96. The van der Waals surface area contributed by atoms with Gasteiger partial charge in [-0.2, -0.15) is 5.10 Å². The van der Waals surface area contributed by atoms with Gasteiger partial charge in [0, 0.05) is 5.56 Å². The third-order valence-electron chi connectivity index (χ3n) is 3.09. The molecule has 2 aromatic rings. The quantitative estimate of drug-likeness (QED) is 0.627. The van der Waals surface area contributed by atoms with Gasteiger partial charge in [0.15, 0.2) is 6.10 Å². The summed E-state index contributed by atoms with van der Waals surface area (Å²) in [6.45, 7) is 5.59. The van der Waals surface area contributed by atoms with E-state index < -0.39 is 6.10 Å². The number of rotatable bonds is 7. The van der Waals surface area contributed by atoms with Crippen LogP contribution in [0, 0.1) is 0 Å². The number of carbonyl (C=O) groups excluding carboxylic acids is 1. The Kier molecular flexibility index (Phi) is 6.37. The van der Waals surface area contributed by atoms with E-state index >= 15 is 0 Å². The molecule has 0 fully saturated rings. The highest BCUT2D eigenvalue weighted by Crippen LogP contribution is 2.17. The third kappa shape index (κ3) is 5.43. The zero-order chi connectivity index (χ0) is 17.4. The molecule has 0 aliphatic rings. The van der Waals surface area contributed by atoms with Crippen LogP contribution in [-0.4, -0.2) is 24.3 Å². The summed E-state index contributed by atoms with van der Waals surface area (Å²) in [5, 5.41) is 3.99. The highest BCUT2D eigenvalue weighted by molar-refractivity contribution is 5.86. The van der Waals surface area contributed by atoms with Crippen LogP contribution in [0.2, 0.25) is 0 Å². The highest BCUT2D eigenvalue weighted by Gasteiger charge is 2.13. The van der Waals surface area contributed by atoms with Crippen molar-refractivity contribution in [3.63, 3.8) is 0 Å². The molecule has 1 N–H and O–H groups in total. The van der Waals surface area contributed by atoms with Crippen molar-refractivity contribution in [2.45, 2.75) is 33.0 Å². The van der Waals surface area contributed by atoms with Gasteiger partial charge in [0.1, 0.15) is 11.5 Å². The van der Waals surface area contributed by atoms with Crippen molar-refractivity contribution in [3.8, 4) is 11.5 Å². The molecule has 1 unspecified atom stereocenters. The van der Waals surface area contributed by atoms with E-state index in [0.717, 1.165) is 11.3 Å². The number of hydrazone groups is 1. The van der Waals surface area contributed by atoms with Gasteiger partial charge >= 0.3 is 0 Å². The Morgan fingerprint density at radius 3 is 2.38 bits per heavy atom. The molecular weight excluding hydrogens is 304 g/mol. The van der Waals surface area contributed by atoms with Crippen LogP contribution < -0.4 is 14.9 Å². The van der Waals surface area contributed by atoms with Gasteiger partial charge in [-0.15, -0.1) is 0 Å². The second-order valence-corrected chi connectivity index (χ2v) is 5.51. The topological polar surface area (TPSA) is 59.9 Å². The Morgan fingerprint density at radius 1 is 1.00 bits per heavy atom. The first-order valence-electron chi connectivity index (χ1n) is 7.86. The molecule has 0 spiro atoms. The number of nitrogens with one attached hydrogen (secondary N) is 1. The molecule has 0 saturated carbocycles. The SMILES string of the molecule is CC(C)Oc1ccccc1C=NNC(=O)C(C)Oc1ccccc1. The standard InChI is InChI=1S/C19H22N2O3/c1-14(2)23-18-12-8-7-9-16(18)13-20-21-19(22)15(3)24-17-10-5-4-6-11-17/h4-15H,1-3H3,(H,21,22). The van der Waals surface area contributed by atoms with Gasteiger partial charge in [-0.3, -0.25) is 4.79 Å². The van der Waals surface area contributed by atoms with Crippen molar-refractivity contribution in [3.05, 3.63) is 60.2 Å². The van der Waals surface area contributed by atoms with E-state index in [2.05, 4.69) is 10.5 Å². The molecule has 0 aromatic heterocycles. The maximum absolute atomic E-state index is 12.0. The van der Waals surface area contributed by atoms with Crippen LogP contribution in [0.25, 0.3) is 0 Å². The van der Waals surface area contributed by atoms with Crippen LogP contribution in [0.1, 0.15) is 26.3 Å². The Balaban J connectivity index is 1.92. The smallest absolute Gasteiger partial charge is 0.280 e. The van der Waals surface area contributed by atoms with Gasteiger partial charge in [0.25, 0.3) is 5.91 Å². The minimum atomic E-state index is -0.647. The average molecular weight is 326 g/mol. The molecule has 24 heavy (non-hydrogen) atoms. The van der Waals surface area contributed by atoms with Crippen molar-refractivity contribution >= 4 is 12.1 Å². The first-order valence-corrected chi connectivity index (χ1v) is 7.86. The summed E-state index contributed by atoms with van der Waals surface area (Å²) in [4.78, 5) is 12.0. The molecule has 0 saturated heterocycles. The number of benzene rings is 2. The molecule has 0 heterocycles. The minimum Gasteiger partial charge on any atom is -0.490 e. The maximum Gasteiger partial charge on any atom is 0.280 e. The lowest BCUT2D eigenvalue weighted by atomic mass is 10.2. The number of amides is 1. The van der Waals surface area contributed by atoms with Gasteiger partial charge in [-0.05, 0) is 45.0 Å². The Labute approximate surface area is 142 Å². The van der Waals surface area contributed by atoms with Crippen LogP contribution in [0.5, 0.6) is 11.5 Å². The number of nitrogens with zero attached hydrogens (tertiary/aromatic N) is 1. The van der Waals surface area contributed by atoms with Crippen LogP contribution in [0.4, 0.5) is 0 Å². The summed E-state index contributed by atoms with van der Waals surface area (Å²) in [6, 6.07) is 16.7. The van der Waals surface area contributed by atoms with Gasteiger partial charge in [0.2, 0.25) is 0 Å². The van der Waals surface area contributed by atoms with Gasteiger partial charge < -0.3 is 9.47 Å². The molecule has 2 rings (SSSR count). The molecule has 1 atom stereocenters. The van der Waals surface area contributed by atoms with Crippen LogP contribution in [-0.2, 0) is 4.79 Å². The molecular formula is C19H22N2O3. The van der Waals surface area contributed by atoms with E-state index in [1.54, 1.807) is 25.3 Å². The van der Waals surface area contributed by atoms with Gasteiger partial charge in [-0.25, -0.2) is 5.43 Å². The monoisotopic (exact) mass is 326 g/mol. The normalized spacial score (nSPS) is 12.2. The molecule has 0 bridgehead atoms. The summed E-state index contributed by atoms with van der Waals surface area (Å²) in [5.41, 5.74) is 3.28. The predicted molar refractivity (Wildman–Crippen MR) is 94.5 cm³/mol. The van der Waals surface area contributed by atoms with E-state index in [1.165, 1.54) is 0 Å². The Morgan fingerprint density at radius 2 is 1.67 bits per heavy atom. The number of hydrogen-bond donors (Lipinski definition) is 1. The highest BCUT2D eigenvalue weighted by atomic mass is 16.5. The fraction of sp³-hybridized carbons (Fsp3) is 0.263. The lowest BCUT2D eigenvalue weighted by Crippen LogP contribution is -2.33. The summed E-state index contributed by atoms with van der Waals surface area (Å²) < 4.78 is 11.2. The lowest BCUT2D eigenvalue weighted by molar-refractivity contribution is -0.127. The molecule has 5 nitrogen and oxygen atoms in total. The molecule has 126 valence electrons. The molecule has 2 aromatic carbocycles. The Hall–Kier alpha value is -2.82. The molecule has 0 aliphatic heterocycles.